The Bertz CT molecular complexity index is 987. The lowest BCUT2D eigenvalue weighted by molar-refractivity contribution is 0.0732. The van der Waals surface area contributed by atoms with Crippen molar-refractivity contribution in [3.63, 3.8) is 0 Å². The molecule has 0 N–H and O–H groups in total. The Morgan fingerprint density at radius 2 is 1.81 bits per heavy atom. The van der Waals surface area contributed by atoms with E-state index in [-0.39, 0.29) is 11.5 Å². The van der Waals surface area contributed by atoms with E-state index in [1.54, 1.807) is 36.4 Å². The maximum atomic E-state index is 12.6. The Balaban J connectivity index is 1.90. The largest absolute Gasteiger partial charge is 0.497 e. The second kappa shape index (κ2) is 8.47. The molecule has 2 aromatic carbocycles. The van der Waals surface area contributed by atoms with E-state index in [9.17, 15) is 9.59 Å². The fraction of sp³-hybridized carbons (Fsp3) is 0.0909. The monoisotopic (exact) mass is 378 g/mol. The van der Waals surface area contributed by atoms with Crippen molar-refractivity contribution in [3.8, 4) is 11.5 Å². The van der Waals surface area contributed by atoms with Crippen molar-refractivity contribution in [3.05, 3.63) is 87.6 Å². The number of hydrogen-bond donors (Lipinski definition) is 0. The Morgan fingerprint density at radius 3 is 2.52 bits per heavy atom. The van der Waals surface area contributed by atoms with Crippen LogP contribution in [0, 0.1) is 6.92 Å². The number of ether oxygens (including phenoxy) is 2. The molecule has 1 aromatic heterocycles. The van der Waals surface area contributed by atoms with Crippen LogP contribution in [0.15, 0.2) is 66.1 Å². The molecule has 0 atom stereocenters. The van der Waals surface area contributed by atoms with E-state index in [4.69, 9.17) is 9.47 Å². The number of thiophene rings is 1. The highest BCUT2D eigenvalue weighted by molar-refractivity contribution is 7.10. The Morgan fingerprint density at radius 1 is 1.00 bits per heavy atom. The number of carbonyl (C=O) groups excluding carboxylic acids is 2. The fourth-order valence-electron chi connectivity index (χ4n) is 2.51. The average Bonchev–Trinajstić information content (AvgIpc) is 3.20. The molecule has 3 aromatic rings. The van der Waals surface area contributed by atoms with Gasteiger partial charge in [-0.2, -0.15) is 0 Å². The van der Waals surface area contributed by atoms with Crippen molar-refractivity contribution in [2.75, 3.05) is 7.11 Å². The smallest absolute Gasteiger partial charge is 0.343 e. The third kappa shape index (κ3) is 4.51. The van der Waals surface area contributed by atoms with E-state index in [2.05, 4.69) is 0 Å². The van der Waals surface area contributed by atoms with Crippen LogP contribution >= 0.6 is 11.3 Å². The second-order valence-electron chi connectivity index (χ2n) is 5.78. The molecule has 3 rings (SSSR count). The summed E-state index contributed by atoms with van der Waals surface area (Å²) in [5.41, 5.74) is 1.55. The molecule has 0 amide bonds. The lowest BCUT2D eigenvalue weighted by Crippen LogP contribution is -2.12. The van der Waals surface area contributed by atoms with Crippen LogP contribution in [0.4, 0.5) is 0 Å². The van der Waals surface area contributed by atoms with E-state index in [1.807, 2.05) is 36.6 Å². The third-order valence-electron chi connectivity index (χ3n) is 3.96. The first-order valence-electron chi connectivity index (χ1n) is 8.30. The first-order valence-corrected chi connectivity index (χ1v) is 9.18. The number of rotatable bonds is 6. The minimum absolute atomic E-state index is 0.170. The Kier molecular flexibility index (Phi) is 5.84. The lowest BCUT2D eigenvalue weighted by Gasteiger charge is -2.11. The molecule has 0 unspecified atom stereocenters. The topological polar surface area (TPSA) is 52.6 Å². The van der Waals surface area contributed by atoms with E-state index in [1.165, 1.54) is 24.5 Å². The summed E-state index contributed by atoms with van der Waals surface area (Å²) in [5.74, 6) is -0.0962. The van der Waals surface area contributed by atoms with Gasteiger partial charge < -0.3 is 9.47 Å². The van der Waals surface area contributed by atoms with Gasteiger partial charge in [0, 0.05) is 10.9 Å². The van der Waals surface area contributed by atoms with E-state index in [0.717, 1.165) is 10.4 Å². The average molecular weight is 378 g/mol. The number of methoxy groups -OCH3 is 1. The highest BCUT2D eigenvalue weighted by Gasteiger charge is 2.17. The third-order valence-corrected chi connectivity index (χ3v) is 4.80. The quantitative estimate of drug-likeness (QED) is 0.257. The molecule has 0 radical (unpaired) electrons. The molecule has 0 bridgehead atoms. The van der Waals surface area contributed by atoms with Crippen LogP contribution in [-0.4, -0.2) is 18.9 Å². The van der Waals surface area contributed by atoms with Gasteiger partial charge in [0.2, 0.25) is 0 Å². The van der Waals surface area contributed by atoms with Crippen LogP contribution in [0.1, 0.15) is 31.2 Å². The minimum atomic E-state index is -0.516. The standard InChI is InChI=1S/C22H18O4S/c1-15-6-3-4-8-18(15)22(24)26-21-14-16(25-2)9-11-19(21)20(23)12-10-17-7-5-13-27-17/h3-14H,1-2H3/b12-10+. The number of esters is 1. The summed E-state index contributed by atoms with van der Waals surface area (Å²) >= 11 is 1.54. The fourth-order valence-corrected chi connectivity index (χ4v) is 3.13. The number of allylic oxidation sites excluding steroid dienone is 1. The highest BCUT2D eigenvalue weighted by Crippen LogP contribution is 2.27. The molecular weight excluding hydrogens is 360 g/mol. The maximum Gasteiger partial charge on any atom is 0.343 e. The van der Waals surface area contributed by atoms with Crippen LogP contribution in [-0.2, 0) is 0 Å². The molecule has 0 aliphatic rings. The first-order chi connectivity index (χ1) is 13.1. The number of ketones is 1. The van der Waals surface area contributed by atoms with Crippen molar-refractivity contribution in [1.82, 2.24) is 0 Å². The number of hydrogen-bond acceptors (Lipinski definition) is 5. The van der Waals surface area contributed by atoms with Crippen LogP contribution in [0.2, 0.25) is 0 Å². The van der Waals surface area contributed by atoms with Crippen molar-refractivity contribution in [2.45, 2.75) is 6.92 Å². The van der Waals surface area contributed by atoms with Crippen LogP contribution in [0.3, 0.4) is 0 Å². The van der Waals surface area contributed by atoms with Crippen LogP contribution in [0.25, 0.3) is 6.08 Å². The van der Waals surface area contributed by atoms with Gasteiger partial charge in [0.05, 0.1) is 18.2 Å². The summed E-state index contributed by atoms with van der Waals surface area (Å²) in [6, 6.07) is 15.8. The summed E-state index contributed by atoms with van der Waals surface area (Å²) < 4.78 is 10.7. The van der Waals surface area contributed by atoms with Crippen LogP contribution < -0.4 is 9.47 Å². The van der Waals surface area contributed by atoms with Crippen molar-refractivity contribution in [2.24, 2.45) is 0 Å². The molecule has 5 heteroatoms. The molecule has 0 saturated carbocycles. The summed E-state index contributed by atoms with van der Waals surface area (Å²) in [7, 11) is 1.51. The molecule has 1 heterocycles. The summed E-state index contributed by atoms with van der Waals surface area (Å²) in [5, 5.41) is 1.94. The van der Waals surface area contributed by atoms with E-state index in [0.29, 0.717) is 16.9 Å². The zero-order valence-corrected chi connectivity index (χ0v) is 15.8. The maximum absolute atomic E-state index is 12.6. The van der Waals surface area contributed by atoms with Gasteiger partial charge in [-0.3, -0.25) is 4.79 Å². The Labute approximate surface area is 161 Å². The number of benzene rings is 2. The van der Waals surface area contributed by atoms with Crippen molar-refractivity contribution >= 4 is 29.2 Å². The zero-order valence-electron chi connectivity index (χ0n) is 15.0. The normalized spacial score (nSPS) is 10.7. The molecule has 27 heavy (non-hydrogen) atoms. The molecule has 4 nitrogen and oxygen atoms in total. The molecular formula is C22H18O4S. The van der Waals surface area contributed by atoms with Gasteiger partial charge in [-0.15, -0.1) is 11.3 Å². The molecule has 0 spiro atoms. The predicted octanol–water partition coefficient (Wildman–Crippen LogP) is 5.18. The molecule has 0 saturated heterocycles. The lowest BCUT2D eigenvalue weighted by atomic mass is 10.1. The SMILES string of the molecule is COc1ccc(C(=O)/C=C/c2cccs2)c(OC(=O)c2ccccc2C)c1. The second-order valence-corrected chi connectivity index (χ2v) is 6.76. The highest BCUT2D eigenvalue weighted by atomic mass is 32.1. The summed E-state index contributed by atoms with van der Waals surface area (Å²) in [6.45, 7) is 1.83. The van der Waals surface area contributed by atoms with Gasteiger partial charge in [-0.05, 0) is 54.3 Å². The van der Waals surface area contributed by atoms with Gasteiger partial charge >= 0.3 is 5.97 Å². The van der Waals surface area contributed by atoms with E-state index < -0.39 is 5.97 Å². The van der Waals surface area contributed by atoms with Crippen molar-refractivity contribution in [1.29, 1.82) is 0 Å². The van der Waals surface area contributed by atoms with Gasteiger partial charge in [0.25, 0.3) is 0 Å². The Hall–Kier alpha value is -3.18. The predicted molar refractivity (Wildman–Crippen MR) is 107 cm³/mol. The van der Waals surface area contributed by atoms with Crippen molar-refractivity contribution < 1.29 is 19.1 Å². The van der Waals surface area contributed by atoms with Gasteiger partial charge in [-0.1, -0.05) is 24.3 Å². The van der Waals surface area contributed by atoms with Gasteiger partial charge in [0.1, 0.15) is 11.5 Å². The van der Waals surface area contributed by atoms with Crippen LogP contribution in [0.5, 0.6) is 11.5 Å². The first kappa shape index (κ1) is 18.6. The van der Waals surface area contributed by atoms with Gasteiger partial charge in [-0.25, -0.2) is 4.79 Å². The molecule has 0 aliphatic heterocycles. The molecule has 0 aliphatic carbocycles. The van der Waals surface area contributed by atoms with Gasteiger partial charge in [0.15, 0.2) is 5.78 Å². The number of carbonyl (C=O) groups is 2. The summed E-state index contributed by atoms with van der Waals surface area (Å²) in [6.07, 6.45) is 3.21. The minimum Gasteiger partial charge on any atom is -0.497 e. The number of aryl methyl sites for hydroxylation is 1. The molecule has 0 fully saturated rings. The molecule has 136 valence electrons. The summed E-state index contributed by atoms with van der Waals surface area (Å²) in [4.78, 5) is 26.2. The van der Waals surface area contributed by atoms with E-state index >= 15 is 0 Å². The zero-order chi connectivity index (χ0) is 19.2.